The molecule has 0 aromatic heterocycles. The molecule has 4 nitrogen and oxygen atoms in total. The standard InChI is InChI=1S/C16H26N2O2/c1-3-13(9-10-17)7-8-16(20)18(2)12-14-5-4-6-15(19)11-14/h4-6,11,13,19H,3,7-10,12,17H2,1-2H3. The summed E-state index contributed by atoms with van der Waals surface area (Å²) in [6.07, 6.45) is 3.52. The Kier molecular flexibility index (Phi) is 7.09. The number of rotatable bonds is 8. The highest BCUT2D eigenvalue weighted by molar-refractivity contribution is 5.75. The molecule has 0 radical (unpaired) electrons. The number of nitrogens with two attached hydrogens (primary N) is 1. The van der Waals surface area contributed by atoms with Gasteiger partial charge < -0.3 is 15.7 Å². The first-order valence-corrected chi connectivity index (χ1v) is 7.28. The van der Waals surface area contributed by atoms with Crippen LogP contribution in [0.25, 0.3) is 0 Å². The first-order valence-electron chi connectivity index (χ1n) is 7.28. The molecular weight excluding hydrogens is 252 g/mol. The summed E-state index contributed by atoms with van der Waals surface area (Å²) in [4.78, 5) is 13.8. The van der Waals surface area contributed by atoms with E-state index in [1.165, 1.54) is 0 Å². The van der Waals surface area contributed by atoms with Gasteiger partial charge in [0.1, 0.15) is 5.75 Å². The van der Waals surface area contributed by atoms with Gasteiger partial charge in [-0.1, -0.05) is 25.5 Å². The Labute approximate surface area is 121 Å². The molecule has 1 aromatic rings. The Morgan fingerprint density at radius 1 is 1.40 bits per heavy atom. The summed E-state index contributed by atoms with van der Waals surface area (Å²) in [6, 6.07) is 7.02. The molecule has 0 saturated carbocycles. The van der Waals surface area contributed by atoms with Crippen LogP contribution in [0.15, 0.2) is 24.3 Å². The molecule has 0 heterocycles. The van der Waals surface area contributed by atoms with Crippen molar-refractivity contribution in [2.24, 2.45) is 11.7 Å². The molecule has 1 amide bonds. The van der Waals surface area contributed by atoms with E-state index in [0.717, 1.165) is 24.8 Å². The number of phenols is 1. The van der Waals surface area contributed by atoms with Crippen LogP contribution in [0.3, 0.4) is 0 Å². The van der Waals surface area contributed by atoms with Crippen molar-refractivity contribution < 1.29 is 9.90 Å². The number of benzene rings is 1. The first kappa shape index (κ1) is 16.5. The van der Waals surface area contributed by atoms with Crippen LogP contribution < -0.4 is 5.73 Å². The number of hydrogen-bond donors (Lipinski definition) is 2. The van der Waals surface area contributed by atoms with Crippen LogP contribution in [0, 0.1) is 5.92 Å². The predicted octanol–water partition coefficient (Wildman–Crippen LogP) is 2.51. The number of nitrogens with zero attached hydrogens (tertiary/aromatic N) is 1. The van der Waals surface area contributed by atoms with Gasteiger partial charge in [0, 0.05) is 20.0 Å². The zero-order valence-electron chi connectivity index (χ0n) is 12.5. The van der Waals surface area contributed by atoms with Gasteiger partial charge in [-0.05, 0) is 43.0 Å². The van der Waals surface area contributed by atoms with Crippen molar-refractivity contribution in [3.8, 4) is 5.75 Å². The molecule has 0 fully saturated rings. The number of carbonyl (C=O) groups excluding carboxylic acids is 1. The maximum atomic E-state index is 12.1. The minimum atomic E-state index is 0.142. The highest BCUT2D eigenvalue weighted by Crippen LogP contribution is 2.17. The fourth-order valence-corrected chi connectivity index (χ4v) is 2.32. The Morgan fingerprint density at radius 3 is 2.75 bits per heavy atom. The van der Waals surface area contributed by atoms with Gasteiger partial charge in [0.2, 0.25) is 5.91 Å². The van der Waals surface area contributed by atoms with Gasteiger partial charge in [0.05, 0.1) is 0 Å². The fraction of sp³-hybridized carbons (Fsp3) is 0.562. The maximum Gasteiger partial charge on any atom is 0.222 e. The van der Waals surface area contributed by atoms with E-state index in [2.05, 4.69) is 6.92 Å². The molecular formula is C16H26N2O2. The van der Waals surface area contributed by atoms with Crippen molar-refractivity contribution >= 4 is 5.91 Å². The molecule has 0 aliphatic carbocycles. The maximum absolute atomic E-state index is 12.1. The van der Waals surface area contributed by atoms with E-state index in [1.807, 2.05) is 6.07 Å². The molecule has 0 aliphatic heterocycles. The van der Waals surface area contributed by atoms with Crippen molar-refractivity contribution in [2.75, 3.05) is 13.6 Å². The van der Waals surface area contributed by atoms with E-state index in [1.54, 1.807) is 30.1 Å². The van der Waals surface area contributed by atoms with Gasteiger partial charge in [0.15, 0.2) is 0 Å². The van der Waals surface area contributed by atoms with Gasteiger partial charge in [-0.2, -0.15) is 0 Å². The number of carbonyl (C=O) groups is 1. The van der Waals surface area contributed by atoms with E-state index in [-0.39, 0.29) is 11.7 Å². The number of phenolic OH excluding ortho intramolecular Hbond substituents is 1. The van der Waals surface area contributed by atoms with Crippen molar-refractivity contribution in [1.82, 2.24) is 4.90 Å². The average Bonchev–Trinajstić information content (AvgIpc) is 2.43. The van der Waals surface area contributed by atoms with Crippen LogP contribution in [0.4, 0.5) is 0 Å². The number of hydrogen-bond acceptors (Lipinski definition) is 3. The predicted molar refractivity (Wildman–Crippen MR) is 81.3 cm³/mol. The summed E-state index contributed by atoms with van der Waals surface area (Å²) in [6.45, 7) is 3.36. The minimum Gasteiger partial charge on any atom is -0.508 e. The monoisotopic (exact) mass is 278 g/mol. The summed E-state index contributed by atoms with van der Waals surface area (Å²) < 4.78 is 0. The molecule has 1 atom stereocenters. The average molecular weight is 278 g/mol. The van der Waals surface area contributed by atoms with E-state index in [0.29, 0.717) is 25.4 Å². The zero-order valence-corrected chi connectivity index (χ0v) is 12.5. The molecule has 3 N–H and O–H groups in total. The van der Waals surface area contributed by atoms with Gasteiger partial charge in [-0.3, -0.25) is 4.79 Å². The molecule has 4 heteroatoms. The van der Waals surface area contributed by atoms with E-state index in [4.69, 9.17) is 5.73 Å². The molecule has 1 aromatic carbocycles. The second kappa shape index (κ2) is 8.59. The van der Waals surface area contributed by atoms with Gasteiger partial charge in [0.25, 0.3) is 0 Å². The lowest BCUT2D eigenvalue weighted by molar-refractivity contribution is -0.130. The lowest BCUT2D eigenvalue weighted by Gasteiger charge is -2.19. The van der Waals surface area contributed by atoms with E-state index < -0.39 is 0 Å². The van der Waals surface area contributed by atoms with Crippen LogP contribution in [-0.2, 0) is 11.3 Å². The van der Waals surface area contributed by atoms with Gasteiger partial charge in [-0.25, -0.2) is 0 Å². The SMILES string of the molecule is CCC(CCN)CCC(=O)N(C)Cc1cccc(O)c1. The molecule has 112 valence electrons. The van der Waals surface area contributed by atoms with Crippen molar-refractivity contribution in [3.63, 3.8) is 0 Å². The van der Waals surface area contributed by atoms with Crippen molar-refractivity contribution in [1.29, 1.82) is 0 Å². The number of aromatic hydroxyl groups is 1. The zero-order chi connectivity index (χ0) is 15.0. The van der Waals surface area contributed by atoms with Crippen molar-refractivity contribution in [2.45, 2.75) is 39.2 Å². The molecule has 20 heavy (non-hydrogen) atoms. The van der Waals surface area contributed by atoms with Crippen LogP contribution in [0.1, 0.15) is 38.2 Å². The minimum absolute atomic E-state index is 0.142. The summed E-state index contributed by atoms with van der Waals surface area (Å²) in [7, 11) is 1.80. The Balaban J connectivity index is 2.42. The van der Waals surface area contributed by atoms with E-state index in [9.17, 15) is 9.90 Å². The Hall–Kier alpha value is -1.55. The van der Waals surface area contributed by atoms with Crippen LogP contribution in [-0.4, -0.2) is 29.5 Å². The third-order valence-electron chi connectivity index (χ3n) is 3.67. The molecule has 1 rings (SSSR count). The second-order valence-electron chi connectivity index (χ2n) is 5.31. The molecule has 0 spiro atoms. The highest BCUT2D eigenvalue weighted by atomic mass is 16.3. The highest BCUT2D eigenvalue weighted by Gasteiger charge is 2.13. The summed E-state index contributed by atoms with van der Waals surface area (Å²) >= 11 is 0. The second-order valence-corrected chi connectivity index (χ2v) is 5.31. The van der Waals surface area contributed by atoms with Crippen LogP contribution in [0.5, 0.6) is 5.75 Å². The molecule has 0 aliphatic rings. The largest absolute Gasteiger partial charge is 0.508 e. The third kappa shape index (κ3) is 5.61. The topological polar surface area (TPSA) is 66.6 Å². The van der Waals surface area contributed by atoms with Gasteiger partial charge in [-0.15, -0.1) is 0 Å². The summed E-state index contributed by atoms with van der Waals surface area (Å²) in [5.41, 5.74) is 6.51. The Morgan fingerprint density at radius 2 is 2.15 bits per heavy atom. The van der Waals surface area contributed by atoms with Crippen LogP contribution >= 0.6 is 0 Å². The van der Waals surface area contributed by atoms with Gasteiger partial charge >= 0.3 is 0 Å². The first-order chi connectivity index (χ1) is 9.56. The normalized spacial score (nSPS) is 12.2. The lowest BCUT2D eigenvalue weighted by atomic mass is 9.96. The molecule has 0 saturated heterocycles. The van der Waals surface area contributed by atoms with E-state index >= 15 is 0 Å². The third-order valence-corrected chi connectivity index (χ3v) is 3.67. The quantitative estimate of drug-likeness (QED) is 0.768. The molecule has 1 unspecified atom stereocenters. The lowest BCUT2D eigenvalue weighted by Crippen LogP contribution is -2.26. The van der Waals surface area contributed by atoms with Crippen LogP contribution in [0.2, 0.25) is 0 Å². The molecule has 0 bridgehead atoms. The number of amides is 1. The summed E-state index contributed by atoms with van der Waals surface area (Å²) in [5.74, 6) is 0.916. The summed E-state index contributed by atoms with van der Waals surface area (Å²) in [5, 5.41) is 9.42. The van der Waals surface area contributed by atoms with Crippen molar-refractivity contribution in [3.05, 3.63) is 29.8 Å². The smallest absolute Gasteiger partial charge is 0.222 e. The Bertz CT molecular complexity index is 421. The fourth-order valence-electron chi connectivity index (χ4n) is 2.32.